The van der Waals surface area contributed by atoms with Gasteiger partial charge in [0.1, 0.15) is 0 Å². The third kappa shape index (κ3) is 6.75. The first-order chi connectivity index (χ1) is 6.24. The normalized spacial score (nSPS) is 12.6. The molecule has 0 spiro atoms. The largest absolute Gasteiger partial charge is 0.396 e. The maximum absolute atomic E-state index is 8.73. The van der Waals surface area contributed by atoms with Crippen molar-refractivity contribution in [1.29, 1.82) is 0 Å². The van der Waals surface area contributed by atoms with E-state index >= 15 is 0 Å². The van der Waals surface area contributed by atoms with Gasteiger partial charge in [-0.3, -0.25) is 0 Å². The second-order valence-corrected chi connectivity index (χ2v) is 3.37. The molecule has 13 heavy (non-hydrogen) atoms. The quantitative estimate of drug-likeness (QED) is 0.515. The summed E-state index contributed by atoms with van der Waals surface area (Å²) >= 11 is 0. The number of hydrogen-bond acceptors (Lipinski definition) is 3. The van der Waals surface area contributed by atoms with Crippen LogP contribution in [0.15, 0.2) is 11.6 Å². The molecule has 0 aromatic heterocycles. The van der Waals surface area contributed by atoms with Gasteiger partial charge in [-0.25, -0.2) is 0 Å². The molecule has 0 fully saturated rings. The van der Waals surface area contributed by atoms with E-state index in [4.69, 9.17) is 15.3 Å². The molecule has 0 aliphatic heterocycles. The lowest BCUT2D eigenvalue weighted by atomic mass is 10.0. The Bertz CT molecular complexity index is 137. The highest BCUT2D eigenvalue weighted by Gasteiger charge is 1.99. The summed E-state index contributed by atoms with van der Waals surface area (Å²) in [5.41, 5.74) is 0.677. The first-order valence-electron chi connectivity index (χ1n) is 4.75. The van der Waals surface area contributed by atoms with Gasteiger partial charge in [0.25, 0.3) is 0 Å². The van der Waals surface area contributed by atoms with E-state index in [9.17, 15) is 0 Å². The summed E-state index contributed by atoms with van der Waals surface area (Å²) in [4.78, 5) is 0. The second-order valence-electron chi connectivity index (χ2n) is 3.37. The van der Waals surface area contributed by atoms with Crippen molar-refractivity contribution in [2.24, 2.45) is 5.92 Å². The van der Waals surface area contributed by atoms with Gasteiger partial charge in [0.2, 0.25) is 0 Å². The fourth-order valence-electron chi connectivity index (χ4n) is 1.12. The molecule has 0 radical (unpaired) electrons. The van der Waals surface area contributed by atoms with E-state index in [1.807, 2.05) is 6.08 Å². The van der Waals surface area contributed by atoms with Crippen molar-refractivity contribution >= 4 is 0 Å². The highest BCUT2D eigenvalue weighted by atomic mass is 16.3. The Labute approximate surface area is 79.7 Å². The van der Waals surface area contributed by atoms with E-state index in [1.165, 1.54) is 0 Å². The molecule has 0 saturated carbocycles. The molecule has 0 aromatic carbocycles. The summed E-state index contributed by atoms with van der Waals surface area (Å²) in [6.45, 7) is 2.19. The summed E-state index contributed by atoms with van der Waals surface area (Å²) < 4.78 is 0. The third-order valence-corrected chi connectivity index (χ3v) is 2.12. The molecule has 3 N–H and O–H groups in total. The standard InChI is InChI=1S/C10H20O3/c1-9(5-6-11)3-2-4-10(7-12)8-13/h4,9,11-13H,2-3,5-8H2,1H3. The zero-order valence-electron chi connectivity index (χ0n) is 8.24. The van der Waals surface area contributed by atoms with Crippen LogP contribution in [0.2, 0.25) is 0 Å². The van der Waals surface area contributed by atoms with Crippen molar-refractivity contribution in [2.45, 2.75) is 26.2 Å². The van der Waals surface area contributed by atoms with Crippen molar-refractivity contribution in [2.75, 3.05) is 19.8 Å². The molecule has 3 heteroatoms. The third-order valence-electron chi connectivity index (χ3n) is 2.12. The van der Waals surface area contributed by atoms with E-state index < -0.39 is 0 Å². The maximum Gasteiger partial charge on any atom is 0.0663 e. The minimum absolute atomic E-state index is 0.0646. The van der Waals surface area contributed by atoms with Gasteiger partial charge in [0.15, 0.2) is 0 Å². The highest BCUT2D eigenvalue weighted by molar-refractivity contribution is 5.01. The average Bonchev–Trinajstić information content (AvgIpc) is 2.13. The van der Waals surface area contributed by atoms with Crippen molar-refractivity contribution in [3.05, 3.63) is 11.6 Å². The van der Waals surface area contributed by atoms with Crippen LogP contribution in [-0.2, 0) is 0 Å². The molecule has 0 saturated heterocycles. The van der Waals surface area contributed by atoms with Crippen molar-refractivity contribution in [1.82, 2.24) is 0 Å². The molecule has 0 amide bonds. The molecule has 0 aliphatic carbocycles. The van der Waals surface area contributed by atoms with Crippen LogP contribution in [-0.4, -0.2) is 35.1 Å². The van der Waals surface area contributed by atoms with Crippen molar-refractivity contribution in [3.8, 4) is 0 Å². The lowest BCUT2D eigenvalue weighted by molar-refractivity contribution is 0.258. The molecular formula is C10H20O3. The van der Waals surface area contributed by atoms with Crippen LogP contribution in [0.1, 0.15) is 26.2 Å². The fourth-order valence-corrected chi connectivity index (χ4v) is 1.12. The number of hydrogen-bond donors (Lipinski definition) is 3. The summed E-state index contributed by atoms with van der Waals surface area (Å²) in [5.74, 6) is 0.500. The first-order valence-corrected chi connectivity index (χ1v) is 4.75. The van der Waals surface area contributed by atoms with Gasteiger partial charge in [-0.1, -0.05) is 13.0 Å². The zero-order chi connectivity index (χ0) is 10.1. The molecule has 0 aromatic rings. The van der Waals surface area contributed by atoms with Crippen LogP contribution in [0.3, 0.4) is 0 Å². The van der Waals surface area contributed by atoms with Crippen LogP contribution in [0, 0.1) is 5.92 Å². The van der Waals surface area contributed by atoms with Crippen LogP contribution in [0.25, 0.3) is 0 Å². The average molecular weight is 188 g/mol. The molecule has 3 nitrogen and oxygen atoms in total. The van der Waals surface area contributed by atoms with Gasteiger partial charge in [0.05, 0.1) is 13.2 Å². The molecule has 1 unspecified atom stereocenters. The minimum Gasteiger partial charge on any atom is -0.396 e. The number of rotatable bonds is 7. The summed E-state index contributed by atoms with van der Waals surface area (Å²) in [6, 6.07) is 0. The van der Waals surface area contributed by atoms with Crippen molar-refractivity contribution < 1.29 is 15.3 Å². The summed E-state index contributed by atoms with van der Waals surface area (Å²) in [7, 11) is 0. The molecular weight excluding hydrogens is 168 g/mol. The van der Waals surface area contributed by atoms with Crippen molar-refractivity contribution in [3.63, 3.8) is 0 Å². The Balaban J connectivity index is 3.57. The van der Waals surface area contributed by atoms with Gasteiger partial charge in [0, 0.05) is 6.61 Å². The van der Waals surface area contributed by atoms with Gasteiger partial charge < -0.3 is 15.3 Å². The predicted octanol–water partition coefficient (Wildman–Crippen LogP) is 0.696. The fraction of sp³-hybridized carbons (Fsp3) is 0.800. The zero-order valence-corrected chi connectivity index (χ0v) is 8.24. The molecule has 0 heterocycles. The van der Waals surface area contributed by atoms with Crippen LogP contribution in [0.4, 0.5) is 0 Å². The van der Waals surface area contributed by atoms with Gasteiger partial charge in [-0.15, -0.1) is 0 Å². The maximum atomic E-state index is 8.73. The van der Waals surface area contributed by atoms with Crippen LogP contribution >= 0.6 is 0 Å². The van der Waals surface area contributed by atoms with Gasteiger partial charge in [-0.05, 0) is 30.8 Å². The van der Waals surface area contributed by atoms with E-state index in [1.54, 1.807) is 0 Å². The lowest BCUT2D eigenvalue weighted by Gasteiger charge is -2.07. The number of aliphatic hydroxyl groups is 3. The minimum atomic E-state index is -0.0646. The van der Waals surface area contributed by atoms with Gasteiger partial charge >= 0.3 is 0 Å². The molecule has 0 rings (SSSR count). The van der Waals surface area contributed by atoms with Gasteiger partial charge in [-0.2, -0.15) is 0 Å². The van der Waals surface area contributed by atoms with Crippen LogP contribution < -0.4 is 0 Å². The topological polar surface area (TPSA) is 60.7 Å². The Morgan fingerprint density at radius 2 is 1.77 bits per heavy atom. The lowest BCUT2D eigenvalue weighted by Crippen LogP contribution is -1.99. The smallest absolute Gasteiger partial charge is 0.0663 e. The van der Waals surface area contributed by atoms with E-state index in [-0.39, 0.29) is 19.8 Å². The second kappa shape index (κ2) is 8.23. The molecule has 0 bridgehead atoms. The number of aliphatic hydroxyl groups excluding tert-OH is 3. The molecule has 78 valence electrons. The van der Waals surface area contributed by atoms with E-state index in [0.717, 1.165) is 19.3 Å². The summed E-state index contributed by atoms with van der Waals surface area (Å²) in [6.07, 6.45) is 4.54. The Kier molecular flexibility index (Phi) is 7.99. The highest BCUT2D eigenvalue weighted by Crippen LogP contribution is 2.10. The SMILES string of the molecule is CC(CCO)CCC=C(CO)CO. The Morgan fingerprint density at radius 3 is 2.23 bits per heavy atom. The monoisotopic (exact) mass is 188 g/mol. The van der Waals surface area contributed by atoms with Crippen LogP contribution in [0.5, 0.6) is 0 Å². The molecule has 1 atom stereocenters. The summed E-state index contributed by atoms with van der Waals surface area (Å²) in [5, 5.41) is 26.1. The predicted molar refractivity (Wildman–Crippen MR) is 52.4 cm³/mol. The van der Waals surface area contributed by atoms with E-state index in [2.05, 4.69) is 6.92 Å². The Hall–Kier alpha value is -0.380. The molecule has 0 aliphatic rings. The number of allylic oxidation sites excluding steroid dienone is 1. The first kappa shape index (κ1) is 12.6. The Morgan fingerprint density at radius 1 is 1.15 bits per heavy atom. The van der Waals surface area contributed by atoms with E-state index in [0.29, 0.717) is 11.5 Å².